The highest BCUT2D eigenvalue weighted by molar-refractivity contribution is 6.04. The minimum absolute atomic E-state index is 0.0831. The minimum Gasteiger partial charge on any atom is -0.376 e. The molecule has 120 valence electrons. The second-order valence-electron chi connectivity index (χ2n) is 6.32. The van der Waals surface area contributed by atoms with Crippen molar-refractivity contribution in [2.75, 3.05) is 26.3 Å². The fourth-order valence-electron chi connectivity index (χ4n) is 2.57. The molecule has 0 spiro atoms. The molecule has 2 atom stereocenters. The third-order valence-corrected chi connectivity index (χ3v) is 4.16. The summed E-state index contributed by atoms with van der Waals surface area (Å²) in [6.45, 7) is 5.74. The highest BCUT2D eigenvalue weighted by atomic mass is 16.5. The number of carbonyl (C=O) groups excluding carboxylic acids is 2. The maximum absolute atomic E-state index is 12.2. The number of hydrogen-bond donors (Lipinski definition) is 2. The molecule has 6 nitrogen and oxygen atoms in total. The van der Waals surface area contributed by atoms with Gasteiger partial charge < -0.3 is 20.1 Å². The molecular weight excluding hydrogens is 272 g/mol. The molecule has 0 aromatic carbocycles. The predicted octanol–water partition coefficient (Wildman–Crippen LogP) is 0.603. The van der Waals surface area contributed by atoms with Gasteiger partial charge in [-0.2, -0.15) is 0 Å². The van der Waals surface area contributed by atoms with Crippen molar-refractivity contribution in [2.24, 2.45) is 5.41 Å². The SMILES string of the molecule is CC(C)(C(=O)NCC1CCCO1)C(=O)NCC1CCCO1. The monoisotopic (exact) mass is 298 g/mol. The maximum atomic E-state index is 12.2. The third-order valence-electron chi connectivity index (χ3n) is 4.16. The van der Waals surface area contributed by atoms with Gasteiger partial charge in [-0.1, -0.05) is 0 Å². The quantitative estimate of drug-likeness (QED) is 0.704. The second-order valence-corrected chi connectivity index (χ2v) is 6.32. The molecule has 0 aliphatic carbocycles. The van der Waals surface area contributed by atoms with Gasteiger partial charge in [-0.25, -0.2) is 0 Å². The summed E-state index contributed by atoms with van der Waals surface area (Å²) in [5.41, 5.74) is -1.09. The lowest BCUT2D eigenvalue weighted by atomic mass is 9.91. The average Bonchev–Trinajstić information content (AvgIpc) is 3.14. The molecule has 2 aliphatic heterocycles. The Bertz CT molecular complexity index is 338. The molecule has 0 aromatic heterocycles. The molecule has 0 bridgehead atoms. The zero-order valence-corrected chi connectivity index (χ0v) is 12.9. The zero-order valence-electron chi connectivity index (χ0n) is 12.9. The van der Waals surface area contributed by atoms with E-state index in [-0.39, 0.29) is 24.0 Å². The molecule has 2 fully saturated rings. The predicted molar refractivity (Wildman–Crippen MR) is 77.7 cm³/mol. The van der Waals surface area contributed by atoms with Gasteiger partial charge in [-0.05, 0) is 39.5 Å². The molecule has 2 saturated heterocycles. The normalized spacial score (nSPS) is 25.8. The van der Waals surface area contributed by atoms with Crippen molar-refractivity contribution in [3.05, 3.63) is 0 Å². The highest BCUT2D eigenvalue weighted by Gasteiger charge is 2.36. The van der Waals surface area contributed by atoms with Gasteiger partial charge in [0.05, 0.1) is 12.2 Å². The van der Waals surface area contributed by atoms with Crippen LogP contribution in [0.25, 0.3) is 0 Å². The van der Waals surface area contributed by atoms with Gasteiger partial charge in [-0.3, -0.25) is 9.59 Å². The first-order chi connectivity index (χ1) is 10.00. The lowest BCUT2D eigenvalue weighted by molar-refractivity contribution is -0.141. The number of amides is 2. The Balaban J connectivity index is 1.74. The van der Waals surface area contributed by atoms with Crippen molar-refractivity contribution in [1.82, 2.24) is 10.6 Å². The van der Waals surface area contributed by atoms with Crippen LogP contribution in [0.2, 0.25) is 0 Å². The molecule has 2 N–H and O–H groups in total. The van der Waals surface area contributed by atoms with Crippen molar-refractivity contribution in [2.45, 2.75) is 51.7 Å². The Labute approximate surface area is 125 Å². The van der Waals surface area contributed by atoms with Crippen LogP contribution in [0.1, 0.15) is 39.5 Å². The van der Waals surface area contributed by atoms with E-state index >= 15 is 0 Å². The topological polar surface area (TPSA) is 76.7 Å². The lowest BCUT2D eigenvalue weighted by Gasteiger charge is -2.24. The molecule has 2 unspecified atom stereocenters. The van der Waals surface area contributed by atoms with E-state index in [2.05, 4.69) is 10.6 Å². The molecule has 21 heavy (non-hydrogen) atoms. The van der Waals surface area contributed by atoms with Crippen LogP contribution in [-0.4, -0.2) is 50.3 Å². The molecule has 2 amide bonds. The molecule has 0 radical (unpaired) electrons. The summed E-state index contributed by atoms with van der Waals surface area (Å²) in [4.78, 5) is 24.4. The smallest absolute Gasteiger partial charge is 0.235 e. The molecule has 6 heteroatoms. The Morgan fingerprint density at radius 3 is 1.71 bits per heavy atom. The number of ether oxygens (including phenoxy) is 2. The van der Waals surface area contributed by atoms with E-state index in [4.69, 9.17) is 9.47 Å². The van der Waals surface area contributed by atoms with Gasteiger partial charge in [0.15, 0.2) is 0 Å². The third kappa shape index (κ3) is 4.41. The van der Waals surface area contributed by atoms with E-state index in [0.29, 0.717) is 13.1 Å². The standard InChI is InChI=1S/C15H26N2O4/c1-15(2,13(18)16-9-11-5-3-7-20-11)14(19)17-10-12-6-4-8-21-12/h11-12H,3-10H2,1-2H3,(H,16,18)(H,17,19). The maximum Gasteiger partial charge on any atom is 0.235 e. The van der Waals surface area contributed by atoms with E-state index in [1.54, 1.807) is 13.8 Å². The summed E-state index contributed by atoms with van der Waals surface area (Å²) in [5, 5.41) is 5.64. The molecule has 2 rings (SSSR count). The van der Waals surface area contributed by atoms with Crippen molar-refractivity contribution < 1.29 is 19.1 Å². The summed E-state index contributed by atoms with van der Waals surface area (Å²) in [6.07, 6.45) is 4.16. The van der Waals surface area contributed by atoms with E-state index < -0.39 is 5.41 Å². The first kappa shape index (κ1) is 16.2. The van der Waals surface area contributed by atoms with Gasteiger partial charge >= 0.3 is 0 Å². The molecule has 2 aliphatic rings. The molecular formula is C15H26N2O4. The largest absolute Gasteiger partial charge is 0.376 e. The summed E-state index contributed by atoms with van der Waals surface area (Å²) >= 11 is 0. The fourth-order valence-corrected chi connectivity index (χ4v) is 2.57. The number of hydrogen-bond acceptors (Lipinski definition) is 4. The summed E-state index contributed by atoms with van der Waals surface area (Å²) < 4.78 is 10.9. The fraction of sp³-hybridized carbons (Fsp3) is 0.867. The summed E-state index contributed by atoms with van der Waals surface area (Å²) in [6, 6.07) is 0. The zero-order chi connectivity index (χ0) is 15.3. The number of carbonyl (C=O) groups is 2. The van der Waals surface area contributed by atoms with Gasteiger partial charge in [0.2, 0.25) is 11.8 Å². The van der Waals surface area contributed by atoms with E-state index in [9.17, 15) is 9.59 Å². The van der Waals surface area contributed by atoms with E-state index in [0.717, 1.165) is 38.9 Å². The van der Waals surface area contributed by atoms with Gasteiger partial charge in [0.1, 0.15) is 5.41 Å². The van der Waals surface area contributed by atoms with Crippen LogP contribution in [0.5, 0.6) is 0 Å². The van der Waals surface area contributed by atoms with Crippen molar-refractivity contribution >= 4 is 11.8 Å². The van der Waals surface area contributed by atoms with Crippen LogP contribution in [0.15, 0.2) is 0 Å². The lowest BCUT2D eigenvalue weighted by Crippen LogP contribution is -2.50. The number of nitrogens with one attached hydrogen (secondary N) is 2. The number of rotatable bonds is 6. The summed E-state index contributed by atoms with van der Waals surface area (Å²) in [5.74, 6) is -0.523. The highest BCUT2D eigenvalue weighted by Crippen LogP contribution is 2.17. The Hall–Kier alpha value is -1.14. The van der Waals surface area contributed by atoms with Crippen LogP contribution in [0.3, 0.4) is 0 Å². The van der Waals surface area contributed by atoms with Crippen molar-refractivity contribution in [3.8, 4) is 0 Å². The molecule has 0 aromatic rings. The van der Waals surface area contributed by atoms with Crippen LogP contribution in [0.4, 0.5) is 0 Å². The van der Waals surface area contributed by atoms with E-state index in [1.165, 1.54) is 0 Å². The Morgan fingerprint density at radius 1 is 0.952 bits per heavy atom. The Kier molecular flexibility index (Phi) is 5.58. The first-order valence-corrected chi connectivity index (χ1v) is 7.80. The first-order valence-electron chi connectivity index (χ1n) is 7.80. The second kappa shape index (κ2) is 7.22. The van der Waals surface area contributed by atoms with Gasteiger partial charge in [-0.15, -0.1) is 0 Å². The van der Waals surface area contributed by atoms with Crippen molar-refractivity contribution in [3.63, 3.8) is 0 Å². The summed E-state index contributed by atoms with van der Waals surface area (Å²) in [7, 11) is 0. The van der Waals surface area contributed by atoms with Crippen LogP contribution in [0, 0.1) is 5.41 Å². The average molecular weight is 298 g/mol. The van der Waals surface area contributed by atoms with Crippen LogP contribution < -0.4 is 10.6 Å². The van der Waals surface area contributed by atoms with Gasteiger partial charge in [0.25, 0.3) is 0 Å². The Morgan fingerprint density at radius 2 is 1.38 bits per heavy atom. The molecule has 0 saturated carbocycles. The van der Waals surface area contributed by atoms with E-state index in [1.807, 2.05) is 0 Å². The molecule has 2 heterocycles. The van der Waals surface area contributed by atoms with Crippen LogP contribution in [-0.2, 0) is 19.1 Å². The van der Waals surface area contributed by atoms with Crippen LogP contribution >= 0.6 is 0 Å². The van der Waals surface area contributed by atoms with Gasteiger partial charge in [0, 0.05) is 26.3 Å². The van der Waals surface area contributed by atoms with Crippen molar-refractivity contribution in [1.29, 1.82) is 0 Å². The minimum atomic E-state index is -1.09.